The molecule has 0 aliphatic heterocycles. The van der Waals surface area contributed by atoms with Crippen LogP contribution in [0.2, 0.25) is 0 Å². The van der Waals surface area contributed by atoms with Gasteiger partial charge in [0.2, 0.25) is 5.91 Å². The van der Waals surface area contributed by atoms with Gasteiger partial charge in [0.15, 0.2) is 11.5 Å². The lowest BCUT2D eigenvalue weighted by Gasteiger charge is -2.25. The average Bonchev–Trinajstić information content (AvgIpc) is 2.90. The van der Waals surface area contributed by atoms with E-state index in [0.29, 0.717) is 17.2 Å². The molecule has 0 heterocycles. The third-order valence-electron chi connectivity index (χ3n) is 5.71. The lowest BCUT2D eigenvalue weighted by Crippen LogP contribution is -2.43. The van der Waals surface area contributed by atoms with Crippen LogP contribution in [0.3, 0.4) is 0 Å². The molecule has 192 valence electrons. The number of anilines is 1. The van der Waals surface area contributed by atoms with Gasteiger partial charge in [0.1, 0.15) is 12.3 Å². The molecular weight excluding hydrogens is 480 g/mol. The van der Waals surface area contributed by atoms with Crippen molar-refractivity contribution < 1.29 is 27.4 Å². The number of methoxy groups -OCH3 is 3. The SMILES string of the molecule is COc1ccc(N(CC(=O)N[C@@H](C)CCc2ccccc2)S(=O)(=O)c2ccc(OC)c(OC)c2)cc1. The largest absolute Gasteiger partial charge is 0.497 e. The van der Waals surface area contributed by atoms with Crippen LogP contribution in [0.4, 0.5) is 5.69 Å². The predicted octanol–water partition coefficient (Wildman–Crippen LogP) is 4.05. The molecule has 3 aromatic carbocycles. The van der Waals surface area contributed by atoms with E-state index in [0.717, 1.165) is 17.1 Å². The van der Waals surface area contributed by atoms with Crippen LogP contribution in [-0.2, 0) is 21.2 Å². The number of carbonyl (C=O) groups excluding carboxylic acids is 1. The summed E-state index contributed by atoms with van der Waals surface area (Å²) >= 11 is 0. The number of sulfonamides is 1. The molecule has 0 saturated carbocycles. The summed E-state index contributed by atoms with van der Waals surface area (Å²) in [5, 5.41) is 2.92. The molecule has 0 saturated heterocycles. The van der Waals surface area contributed by atoms with Gasteiger partial charge in [0.05, 0.1) is 31.9 Å². The Balaban J connectivity index is 1.83. The predicted molar refractivity (Wildman–Crippen MR) is 139 cm³/mol. The van der Waals surface area contributed by atoms with Crippen LogP contribution in [0.25, 0.3) is 0 Å². The summed E-state index contributed by atoms with van der Waals surface area (Å²) in [5.74, 6) is 0.835. The third kappa shape index (κ3) is 6.69. The molecule has 0 aliphatic rings. The third-order valence-corrected chi connectivity index (χ3v) is 7.48. The molecule has 1 amide bonds. The van der Waals surface area contributed by atoms with Crippen LogP contribution in [-0.4, -0.2) is 48.2 Å². The molecule has 1 atom stereocenters. The van der Waals surface area contributed by atoms with Crippen molar-refractivity contribution in [1.82, 2.24) is 5.32 Å². The molecule has 1 N–H and O–H groups in total. The number of hydrogen-bond donors (Lipinski definition) is 1. The van der Waals surface area contributed by atoms with Crippen molar-refractivity contribution in [3.05, 3.63) is 78.4 Å². The highest BCUT2D eigenvalue weighted by molar-refractivity contribution is 7.92. The maximum Gasteiger partial charge on any atom is 0.264 e. The molecule has 36 heavy (non-hydrogen) atoms. The molecule has 0 unspecified atom stereocenters. The summed E-state index contributed by atoms with van der Waals surface area (Å²) in [6.45, 7) is 1.51. The fourth-order valence-corrected chi connectivity index (χ4v) is 5.16. The lowest BCUT2D eigenvalue weighted by molar-refractivity contribution is -0.120. The Bertz CT molecular complexity index is 1250. The molecule has 0 fully saturated rings. The number of rotatable bonds is 12. The Labute approximate surface area is 212 Å². The topological polar surface area (TPSA) is 94.2 Å². The van der Waals surface area contributed by atoms with E-state index in [9.17, 15) is 13.2 Å². The van der Waals surface area contributed by atoms with Crippen LogP contribution in [0.5, 0.6) is 17.2 Å². The number of ether oxygens (including phenoxy) is 3. The van der Waals surface area contributed by atoms with Gasteiger partial charge in [-0.15, -0.1) is 0 Å². The lowest BCUT2D eigenvalue weighted by atomic mass is 10.1. The molecule has 8 nitrogen and oxygen atoms in total. The van der Waals surface area contributed by atoms with E-state index < -0.39 is 22.5 Å². The van der Waals surface area contributed by atoms with Gasteiger partial charge in [-0.3, -0.25) is 9.10 Å². The Hall–Kier alpha value is -3.72. The van der Waals surface area contributed by atoms with Gasteiger partial charge in [-0.1, -0.05) is 30.3 Å². The van der Waals surface area contributed by atoms with Crippen LogP contribution in [0, 0.1) is 0 Å². The number of benzene rings is 3. The smallest absolute Gasteiger partial charge is 0.264 e. The maximum atomic E-state index is 13.7. The average molecular weight is 513 g/mol. The van der Waals surface area contributed by atoms with Crippen LogP contribution in [0.15, 0.2) is 77.7 Å². The van der Waals surface area contributed by atoms with E-state index in [-0.39, 0.29) is 16.7 Å². The van der Waals surface area contributed by atoms with E-state index in [1.54, 1.807) is 24.3 Å². The Morgan fingerprint density at radius 1 is 0.889 bits per heavy atom. The highest BCUT2D eigenvalue weighted by Gasteiger charge is 2.28. The molecule has 0 spiro atoms. The summed E-state index contributed by atoms with van der Waals surface area (Å²) in [5.41, 5.74) is 1.51. The van der Waals surface area contributed by atoms with Crippen molar-refractivity contribution in [3.63, 3.8) is 0 Å². The van der Waals surface area contributed by atoms with Crippen molar-refractivity contribution in [1.29, 1.82) is 0 Å². The van der Waals surface area contributed by atoms with Gasteiger partial charge >= 0.3 is 0 Å². The zero-order valence-electron chi connectivity index (χ0n) is 20.9. The molecule has 0 radical (unpaired) electrons. The number of nitrogens with one attached hydrogen (secondary N) is 1. The van der Waals surface area contributed by atoms with Crippen molar-refractivity contribution in [2.75, 3.05) is 32.2 Å². The maximum absolute atomic E-state index is 13.7. The van der Waals surface area contributed by atoms with E-state index in [2.05, 4.69) is 5.32 Å². The summed E-state index contributed by atoms with van der Waals surface area (Å²) in [6, 6.07) is 20.7. The highest BCUT2D eigenvalue weighted by Crippen LogP contribution is 2.32. The van der Waals surface area contributed by atoms with Crippen molar-refractivity contribution in [3.8, 4) is 17.2 Å². The fraction of sp³-hybridized carbons (Fsp3) is 0.296. The van der Waals surface area contributed by atoms with Crippen molar-refractivity contribution in [2.45, 2.75) is 30.7 Å². The van der Waals surface area contributed by atoms with Gasteiger partial charge in [0.25, 0.3) is 10.0 Å². The summed E-state index contributed by atoms with van der Waals surface area (Å²) in [6.07, 6.45) is 1.52. The first-order valence-corrected chi connectivity index (χ1v) is 12.9. The first-order chi connectivity index (χ1) is 17.3. The second-order valence-electron chi connectivity index (χ2n) is 8.22. The van der Waals surface area contributed by atoms with E-state index in [1.807, 2.05) is 37.3 Å². The summed E-state index contributed by atoms with van der Waals surface area (Å²) < 4.78 is 44.2. The normalized spacial score (nSPS) is 11.9. The summed E-state index contributed by atoms with van der Waals surface area (Å²) in [7, 11) is 0.306. The van der Waals surface area contributed by atoms with Gasteiger partial charge in [0, 0.05) is 12.1 Å². The number of nitrogens with zero attached hydrogens (tertiary/aromatic N) is 1. The second-order valence-corrected chi connectivity index (χ2v) is 10.1. The van der Waals surface area contributed by atoms with Gasteiger partial charge in [-0.05, 0) is 61.7 Å². The molecule has 0 aliphatic carbocycles. The molecule has 0 bridgehead atoms. The fourth-order valence-electron chi connectivity index (χ4n) is 3.72. The standard InChI is InChI=1S/C27H32N2O6S/c1-20(10-11-21-8-6-5-7-9-21)28-27(30)19-29(22-12-14-23(33-2)15-13-22)36(31,32)24-16-17-25(34-3)26(18-24)35-4/h5-9,12-18,20H,10-11,19H2,1-4H3,(H,28,30)/t20-/m0/s1. The Morgan fingerprint density at radius 2 is 1.56 bits per heavy atom. The highest BCUT2D eigenvalue weighted by atomic mass is 32.2. The van der Waals surface area contributed by atoms with Crippen LogP contribution in [0.1, 0.15) is 18.9 Å². The molecular formula is C27H32N2O6S. The van der Waals surface area contributed by atoms with E-state index >= 15 is 0 Å². The molecule has 9 heteroatoms. The van der Waals surface area contributed by atoms with E-state index in [4.69, 9.17) is 14.2 Å². The molecule has 3 aromatic rings. The second kappa shape index (κ2) is 12.3. The first kappa shape index (κ1) is 26.9. The van der Waals surface area contributed by atoms with Crippen LogP contribution >= 0.6 is 0 Å². The van der Waals surface area contributed by atoms with Crippen molar-refractivity contribution in [2.24, 2.45) is 0 Å². The van der Waals surface area contributed by atoms with Gasteiger partial charge in [-0.25, -0.2) is 8.42 Å². The zero-order valence-corrected chi connectivity index (χ0v) is 21.7. The quantitative estimate of drug-likeness (QED) is 0.394. The number of carbonyl (C=O) groups is 1. The minimum absolute atomic E-state index is 0.0269. The minimum atomic E-state index is -4.12. The summed E-state index contributed by atoms with van der Waals surface area (Å²) in [4.78, 5) is 13.0. The van der Waals surface area contributed by atoms with Gasteiger partial charge < -0.3 is 19.5 Å². The van der Waals surface area contributed by atoms with Crippen LogP contribution < -0.4 is 23.8 Å². The molecule has 3 rings (SSSR count). The first-order valence-electron chi connectivity index (χ1n) is 11.5. The Kier molecular flexibility index (Phi) is 9.19. The Morgan fingerprint density at radius 3 is 2.17 bits per heavy atom. The minimum Gasteiger partial charge on any atom is -0.497 e. The van der Waals surface area contributed by atoms with Gasteiger partial charge in [-0.2, -0.15) is 0 Å². The molecule has 0 aromatic heterocycles. The number of hydrogen-bond acceptors (Lipinski definition) is 6. The zero-order chi connectivity index (χ0) is 26.1. The van der Waals surface area contributed by atoms with Crippen molar-refractivity contribution >= 4 is 21.6 Å². The van der Waals surface area contributed by atoms with E-state index in [1.165, 1.54) is 45.1 Å². The number of aryl methyl sites for hydroxylation is 1. The monoisotopic (exact) mass is 512 g/mol. The number of amides is 1.